The van der Waals surface area contributed by atoms with E-state index in [1.807, 2.05) is 6.92 Å². The van der Waals surface area contributed by atoms with E-state index in [4.69, 9.17) is 5.73 Å². The Morgan fingerprint density at radius 1 is 1.17 bits per heavy atom. The molecule has 1 atom stereocenters. The molecule has 0 aliphatic rings. The maximum Gasteiger partial charge on any atom is 0.267 e. The van der Waals surface area contributed by atoms with Gasteiger partial charge in [-0.15, -0.1) is 0 Å². The molecule has 2 N–H and O–H groups in total. The Balaban J connectivity index is 2.46. The van der Waals surface area contributed by atoms with Crippen LogP contribution in [0.25, 0.3) is 0 Å². The van der Waals surface area contributed by atoms with Crippen LogP contribution in [0.1, 0.15) is 12.6 Å². The minimum absolute atomic E-state index is 0.0791. The highest BCUT2D eigenvalue weighted by atomic mass is 32.2. The van der Waals surface area contributed by atoms with Crippen LogP contribution < -0.4 is 5.73 Å². The Morgan fingerprint density at radius 3 is 2.44 bits per heavy atom. The van der Waals surface area contributed by atoms with Gasteiger partial charge >= 0.3 is 0 Å². The summed E-state index contributed by atoms with van der Waals surface area (Å²) in [6, 6.07) is 11.8. The van der Waals surface area contributed by atoms with Crippen molar-refractivity contribution in [2.45, 2.75) is 24.3 Å². The van der Waals surface area contributed by atoms with Gasteiger partial charge in [0.1, 0.15) is 0 Å². The predicted molar refractivity (Wildman–Crippen MR) is 70.8 cm³/mol. The van der Waals surface area contributed by atoms with Crippen LogP contribution in [0.15, 0.2) is 53.6 Å². The monoisotopic (exact) mass is 264 g/mol. The summed E-state index contributed by atoms with van der Waals surface area (Å²) in [7, 11) is -3.51. The molecule has 0 saturated heterocycles. The first-order valence-corrected chi connectivity index (χ1v) is 7.18. The molecular weight excluding hydrogens is 248 g/mol. The fourth-order valence-corrected chi connectivity index (χ4v) is 3.23. The molecule has 0 fully saturated rings. The van der Waals surface area contributed by atoms with Crippen LogP contribution in [0.4, 0.5) is 0 Å². The second-order valence-corrected chi connectivity index (χ2v) is 6.11. The average molecular weight is 264 g/mol. The van der Waals surface area contributed by atoms with Crippen LogP contribution in [0, 0.1) is 0 Å². The van der Waals surface area contributed by atoms with Crippen molar-refractivity contribution in [1.82, 2.24) is 3.97 Å². The standard InChI is InChI=1S/C13H16N2O2S/c1-11(14)10-12-6-5-9-15(12)18(16,17)13-7-3-2-4-8-13/h2-9,11H,10,14H2,1H3. The maximum atomic E-state index is 12.4. The first-order chi connectivity index (χ1) is 8.51. The van der Waals surface area contributed by atoms with E-state index in [2.05, 4.69) is 0 Å². The van der Waals surface area contributed by atoms with Crippen LogP contribution in [-0.4, -0.2) is 18.4 Å². The van der Waals surface area contributed by atoms with Gasteiger partial charge in [-0.3, -0.25) is 0 Å². The number of nitrogens with zero attached hydrogens (tertiary/aromatic N) is 1. The van der Waals surface area contributed by atoms with Gasteiger partial charge in [-0.05, 0) is 31.2 Å². The summed E-state index contributed by atoms with van der Waals surface area (Å²) in [6.07, 6.45) is 2.08. The lowest BCUT2D eigenvalue weighted by Gasteiger charge is -2.11. The van der Waals surface area contributed by atoms with Crippen molar-refractivity contribution in [2.24, 2.45) is 5.73 Å². The van der Waals surface area contributed by atoms with Gasteiger partial charge in [0, 0.05) is 24.4 Å². The number of aromatic nitrogens is 1. The predicted octanol–water partition coefficient (Wildman–Crippen LogP) is 1.61. The van der Waals surface area contributed by atoms with Crippen molar-refractivity contribution in [3.8, 4) is 0 Å². The normalized spacial score (nSPS) is 13.4. The minimum Gasteiger partial charge on any atom is -0.328 e. The molecule has 2 aromatic rings. The van der Waals surface area contributed by atoms with E-state index in [-0.39, 0.29) is 10.9 Å². The first kappa shape index (κ1) is 12.9. The molecule has 0 saturated carbocycles. The second-order valence-electron chi connectivity index (χ2n) is 4.29. The van der Waals surface area contributed by atoms with Crippen LogP contribution in [0.2, 0.25) is 0 Å². The number of hydrogen-bond donors (Lipinski definition) is 1. The summed E-state index contributed by atoms with van der Waals surface area (Å²) in [5.74, 6) is 0. The Bertz CT molecular complexity index is 615. The second kappa shape index (κ2) is 4.96. The molecule has 0 bridgehead atoms. The van der Waals surface area contributed by atoms with E-state index < -0.39 is 10.0 Å². The van der Waals surface area contributed by atoms with Gasteiger partial charge in [0.2, 0.25) is 0 Å². The quantitative estimate of drug-likeness (QED) is 0.912. The van der Waals surface area contributed by atoms with Crippen molar-refractivity contribution in [3.63, 3.8) is 0 Å². The summed E-state index contributed by atoms with van der Waals surface area (Å²) < 4.78 is 26.1. The summed E-state index contributed by atoms with van der Waals surface area (Å²) in [5, 5.41) is 0. The summed E-state index contributed by atoms with van der Waals surface area (Å²) >= 11 is 0. The zero-order valence-corrected chi connectivity index (χ0v) is 11.0. The van der Waals surface area contributed by atoms with Crippen molar-refractivity contribution >= 4 is 10.0 Å². The molecule has 18 heavy (non-hydrogen) atoms. The third-order valence-electron chi connectivity index (χ3n) is 2.62. The molecule has 0 aliphatic carbocycles. The highest BCUT2D eigenvalue weighted by molar-refractivity contribution is 7.90. The third-order valence-corrected chi connectivity index (χ3v) is 4.37. The lowest BCUT2D eigenvalue weighted by molar-refractivity contribution is 0.583. The average Bonchev–Trinajstić information content (AvgIpc) is 2.78. The summed E-state index contributed by atoms with van der Waals surface area (Å²) in [5.41, 5.74) is 6.43. The van der Waals surface area contributed by atoms with Crippen molar-refractivity contribution < 1.29 is 8.42 Å². The number of nitrogens with two attached hydrogens (primary N) is 1. The van der Waals surface area contributed by atoms with Crippen molar-refractivity contribution in [3.05, 3.63) is 54.4 Å². The molecule has 2 rings (SSSR count). The van der Waals surface area contributed by atoms with Crippen molar-refractivity contribution in [2.75, 3.05) is 0 Å². The Hall–Kier alpha value is -1.59. The fourth-order valence-electron chi connectivity index (χ4n) is 1.83. The SMILES string of the molecule is CC(N)Cc1cccn1S(=O)(=O)c1ccccc1. The first-order valence-electron chi connectivity index (χ1n) is 5.74. The molecule has 1 aromatic carbocycles. The molecule has 96 valence electrons. The zero-order valence-electron chi connectivity index (χ0n) is 10.2. The van der Waals surface area contributed by atoms with E-state index in [1.165, 1.54) is 3.97 Å². The molecule has 1 unspecified atom stereocenters. The van der Waals surface area contributed by atoms with Crippen LogP contribution in [0.5, 0.6) is 0 Å². The van der Waals surface area contributed by atoms with Crippen LogP contribution in [0.3, 0.4) is 0 Å². The molecule has 0 spiro atoms. The number of benzene rings is 1. The van der Waals surface area contributed by atoms with E-state index in [1.54, 1.807) is 48.7 Å². The molecule has 0 amide bonds. The van der Waals surface area contributed by atoms with Gasteiger partial charge in [0.25, 0.3) is 10.0 Å². The molecule has 5 heteroatoms. The van der Waals surface area contributed by atoms with E-state index in [0.717, 1.165) is 0 Å². The van der Waals surface area contributed by atoms with Crippen molar-refractivity contribution in [1.29, 1.82) is 0 Å². The largest absolute Gasteiger partial charge is 0.328 e. The highest BCUT2D eigenvalue weighted by Crippen LogP contribution is 2.17. The molecular formula is C13H16N2O2S. The number of rotatable bonds is 4. The van der Waals surface area contributed by atoms with E-state index in [0.29, 0.717) is 12.1 Å². The van der Waals surface area contributed by atoms with Crippen LogP contribution >= 0.6 is 0 Å². The Labute approximate surface area is 107 Å². The fraction of sp³-hybridized carbons (Fsp3) is 0.231. The highest BCUT2D eigenvalue weighted by Gasteiger charge is 2.18. The van der Waals surface area contributed by atoms with Gasteiger partial charge in [-0.2, -0.15) is 0 Å². The number of hydrogen-bond acceptors (Lipinski definition) is 3. The lowest BCUT2D eigenvalue weighted by Crippen LogP contribution is -2.22. The molecule has 0 aliphatic heterocycles. The van der Waals surface area contributed by atoms with Gasteiger partial charge in [-0.25, -0.2) is 12.4 Å². The zero-order chi connectivity index (χ0) is 13.2. The minimum atomic E-state index is -3.51. The Morgan fingerprint density at radius 2 is 1.83 bits per heavy atom. The molecule has 4 nitrogen and oxygen atoms in total. The molecule has 1 aromatic heterocycles. The van der Waals surface area contributed by atoms with Gasteiger partial charge in [0.05, 0.1) is 4.90 Å². The van der Waals surface area contributed by atoms with Crippen LogP contribution in [-0.2, 0) is 16.4 Å². The third kappa shape index (κ3) is 2.47. The van der Waals surface area contributed by atoms with Gasteiger partial charge in [-0.1, -0.05) is 18.2 Å². The molecule has 1 heterocycles. The smallest absolute Gasteiger partial charge is 0.267 e. The summed E-state index contributed by atoms with van der Waals surface area (Å²) in [4.78, 5) is 0.284. The summed E-state index contributed by atoms with van der Waals surface area (Å²) in [6.45, 7) is 1.85. The lowest BCUT2D eigenvalue weighted by atomic mass is 10.2. The Kier molecular flexibility index (Phi) is 3.54. The van der Waals surface area contributed by atoms with E-state index in [9.17, 15) is 8.42 Å². The maximum absolute atomic E-state index is 12.4. The van der Waals surface area contributed by atoms with Gasteiger partial charge in [0.15, 0.2) is 0 Å². The molecule has 0 radical (unpaired) electrons. The van der Waals surface area contributed by atoms with Gasteiger partial charge < -0.3 is 5.73 Å². The topological polar surface area (TPSA) is 65.1 Å². The van der Waals surface area contributed by atoms with E-state index >= 15 is 0 Å².